The Kier molecular flexibility index (Phi) is 3.19. The highest BCUT2D eigenvalue weighted by atomic mass is 16.6. The largest absolute Gasteiger partial charge is 0.478 e. The van der Waals surface area contributed by atoms with Crippen LogP contribution in [0.1, 0.15) is 17.3 Å². The van der Waals surface area contributed by atoms with Crippen LogP contribution in [0.25, 0.3) is 0 Å². The number of nitro benzene ring substituents is 1. The number of non-ortho nitro benzene ring substituents is 1. The molecular weight excluding hydrogens is 216 g/mol. The average Bonchev–Trinajstić information content (AvgIpc) is 2.15. The summed E-state index contributed by atoms with van der Waals surface area (Å²) in [6, 6.07) is 3.14. The summed E-state index contributed by atoms with van der Waals surface area (Å²) in [6.07, 6.45) is 0. The lowest BCUT2D eigenvalue weighted by molar-refractivity contribution is -0.384. The molecule has 0 unspecified atom stereocenters. The fourth-order valence-electron chi connectivity index (χ4n) is 1.13. The summed E-state index contributed by atoms with van der Waals surface area (Å²) in [7, 11) is 0. The van der Waals surface area contributed by atoms with Crippen LogP contribution in [0.15, 0.2) is 18.2 Å². The van der Waals surface area contributed by atoms with Crippen LogP contribution in [0.5, 0.6) is 0 Å². The van der Waals surface area contributed by atoms with Gasteiger partial charge >= 0.3 is 5.97 Å². The molecule has 0 aliphatic rings. The smallest absolute Gasteiger partial charge is 0.337 e. The zero-order valence-electron chi connectivity index (χ0n) is 8.26. The molecule has 1 rings (SSSR count). The SMILES string of the molecule is CC(=O)Nc1cc([N+](=O)[O-])ccc1C(=O)O. The third-order valence-electron chi connectivity index (χ3n) is 1.76. The molecule has 1 aromatic rings. The number of rotatable bonds is 3. The molecule has 0 saturated carbocycles. The van der Waals surface area contributed by atoms with Crippen molar-refractivity contribution in [1.29, 1.82) is 0 Å². The minimum absolute atomic E-state index is 0.0887. The molecule has 0 radical (unpaired) electrons. The first-order valence-corrected chi connectivity index (χ1v) is 4.21. The Morgan fingerprint density at radius 3 is 2.50 bits per heavy atom. The van der Waals surface area contributed by atoms with Crippen LogP contribution in [0.2, 0.25) is 0 Å². The molecule has 0 saturated heterocycles. The number of carbonyl (C=O) groups excluding carboxylic acids is 1. The number of carboxylic acid groups (broad SMARTS) is 1. The van der Waals surface area contributed by atoms with Gasteiger partial charge in [-0.3, -0.25) is 14.9 Å². The van der Waals surface area contributed by atoms with Crippen molar-refractivity contribution in [2.75, 3.05) is 5.32 Å². The van der Waals surface area contributed by atoms with Gasteiger partial charge in [-0.05, 0) is 6.07 Å². The molecule has 0 aromatic heterocycles. The van der Waals surface area contributed by atoms with Gasteiger partial charge in [-0.15, -0.1) is 0 Å². The lowest BCUT2D eigenvalue weighted by Gasteiger charge is -2.05. The van der Waals surface area contributed by atoms with Gasteiger partial charge in [-0.1, -0.05) is 0 Å². The number of nitro groups is 1. The van der Waals surface area contributed by atoms with E-state index in [2.05, 4.69) is 5.32 Å². The van der Waals surface area contributed by atoms with Crippen molar-refractivity contribution in [3.8, 4) is 0 Å². The number of hydrogen-bond donors (Lipinski definition) is 2. The highest BCUT2D eigenvalue weighted by Crippen LogP contribution is 2.22. The molecule has 2 N–H and O–H groups in total. The van der Waals surface area contributed by atoms with E-state index in [4.69, 9.17) is 5.11 Å². The first-order valence-electron chi connectivity index (χ1n) is 4.21. The van der Waals surface area contributed by atoms with Gasteiger partial charge in [-0.2, -0.15) is 0 Å². The Morgan fingerprint density at radius 2 is 2.06 bits per heavy atom. The number of carbonyl (C=O) groups is 2. The Bertz CT molecular complexity index is 469. The summed E-state index contributed by atoms with van der Waals surface area (Å²) < 4.78 is 0. The minimum Gasteiger partial charge on any atom is -0.478 e. The van der Waals surface area contributed by atoms with Crippen LogP contribution in [0.3, 0.4) is 0 Å². The second-order valence-corrected chi connectivity index (χ2v) is 2.97. The predicted molar refractivity (Wildman–Crippen MR) is 54.4 cm³/mol. The van der Waals surface area contributed by atoms with E-state index in [-0.39, 0.29) is 16.9 Å². The average molecular weight is 224 g/mol. The van der Waals surface area contributed by atoms with E-state index >= 15 is 0 Å². The van der Waals surface area contributed by atoms with Gasteiger partial charge in [-0.25, -0.2) is 4.79 Å². The number of nitrogens with one attached hydrogen (secondary N) is 1. The Hall–Kier alpha value is -2.44. The summed E-state index contributed by atoms with van der Waals surface area (Å²) in [6.45, 7) is 1.18. The molecule has 1 aromatic carbocycles. The predicted octanol–water partition coefficient (Wildman–Crippen LogP) is 1.25. The molecule has 0 fully saturated rings. The van der Waals surface area contributed by atoms with E-state index in [0.29, 0.717) is 0 Å². The van der Waals surface area contributed by atoms with Crippen molar-refractivity contribution in [3.63, 3.8) is 0 Å². The molecule has 7 nitrogen and oxygen atoms in total. The van der Waals surface area contributed by atoms with Crippen LogP contribution >= 0.6 is 0 Å². The molecule has 0 spiro atoms. The molecule has 0 aliphatic heterocycles. The number of hydrogen-bond acceptors (Lipinski definition) is 4. The highest BCUT2D eigenvalue weighted by Gasteiger charge is 2.15. The van der Waals surface area contributed by atoms with Crippen molar-refractivity contribution in [2.45, 2.75) is 6.92 Å². The lowest BCUT2D eigenvalue weighted by Crippen LogP contribution is -2.11. The standard InChI is InChI=1S/C9H8N2O5/c1-5(12)10-8-4-6(11(15)16)2-3-7(8)9(13)14/h2-4H,1H3,(H,10,12)(H,13,14). The number of nitrogens with zero attached hydrogens (tertiary/aromatic N) is 1. The summed E-state index contributed by atoms with van der Waals surface area (Å²) in [5.74, 6) is -1.76. The number of amides is 1. The third-order valence-corrected chi connectivity index (χ3v) is 1.76. The third kappa shape index (κ3) is 2.53. The molecule has 16 heavy (non-hydrogen) atoms. The maximum Gasteiger partial charge on any atom is 0.337 e. The number of aromatic carboxylic acids is 1. The zero-order valence-corrected chi connectivity index (χ0v) is 8.26. The Balaban J connectivity index is 3.26. The number of carboxylic acids is 1. The Morgan fingerprint density at radius 1 is 1.44 bits per heavy atom. The van der Waals surface area contributed by atoms with Crippen LogP contribution in [0, 0.1) is 10.1 Å². The summed E-state index contributed by atoms with van der Waals surface area (Å²) in [4.78, 5) is 31.4. The van der Waals surface area contributed by atoms with Gasteiger partial charge in [0.1, 0.15) is 0 Å². The molecule has 84 valence electrons. The number of benzene rings is 1. The monoisotopic (exact) mass is 224 g/mol. The van der Waals surface area contributed by atoms with E-state index in [1.165, 1.54) is 6.92 Å². The second kappa shape index (κ2) is 4.39. The van der Waals surface area contributed by atoms with E-state index in [0.717, 1.165) is 18.2 Å². The normalized spacial score (nSPS) is 9.56. The minimum atomic E-state index is -1.27. The Labute approximate surface area is 89.8 Å². The van der Waals surface area contributed by atoms with Crippen molar-refractivity contribution in [3.05, 3.63) is 33.9 Å². The fraction of sp³-hybridized carbons (Fsp3) is 0.111. The van der Waals surface area contributed by atoms with E-state index in [1.54, 1.807) is 0 Å². The first kappa shape index (κ1) is 11.6. The van der Waals surface area contributed by atoms with Crippen LogP contribution in [-0.2, 0) is 4.79 Å². The molecule has 0 atom stereocenters. The van der Waals surface area contributed by atoms with Gasteiger partial charge in [0.2, 0.25) is 5.91 Å². The van der Waals surface area contributed by atoms with Crippen molar-refractivity contribution in [2.24, 2.45) is 0 Å². The van der Waals surface area contributed by atoms with Crippen molar-refractivity contribution < 1.29 is 19.6 Å². The topological polar surface area (TPSA) is 110 Å². The maximum absolute atomic E-state index is 10.8. The van der Waals surface area contributed by atoms with Gasteiger partial charge in [0.05, 0.1) is 16.2 Å². The quantitative estimate of drug-likeness (QED) is 0.593. The summed E-state index contributed by atoms with van der Waals surface area (Å²) in [5.41, 5.74) is -0.566. The summed E-state index contributed by atoms with van der Waals surface area (Å²) >= 11 is 0. The van der Waals surface area contributed by atoms with Gasteiger partial charge in [0, 0.05) is 19.1 Å². The van der Waals surface area contributed by atoms with Crippen LogP contribution < -0.4 is 5.32 Å². The van der Waals surface area contributed by atoms with Crippen molar-refractivity contribution in [1.82, 2.24) is 0 Å². The second-order valence-electron chi connectivity index (χ2n) is 2.97. The maximum atomic E-state index is 10.8. The van der Waals surface area contributed by atoms with Crippen molar-refractivity contribution >= 4 is 23.3 Å². The van der Waals surface area contributed by atoms with E-state index < -0.39 is 16.8 Å². The highest BCUT2D eigenvalue weighted by molar-refractivity contribution is 6.00. The molecule has 0 bridgehead atoms. The van der Waals surface area contributed by atoms with Gasteiger partial charge < -0.3 is 10.4 Å². The fourth-order valence-corrected chi connectivity index (χ4v) is 1.13. The lowest BCUT2D eigenvalue weighted by atomic mass is 10.1. The van der Waals surface area contributed by atoms with Gasteiger partial charge in [0.25, 0.3) is 5.69 Å². The van der Waals surface area contributed by atoms with E-state index in [1.807, 2.05) is 0 Å². The summed E-state index contributed by atoms with van der Waals surface area (Å²) in [5, 5.41) is 21.5. The molecule has 1 amide bonds. The van der Waals surface area contributed by atoms with E-state index in [9.17, 15) is 19.7 Å². The first-order chi connectivity index (χ1) is 7.41. The van der Waals surface area contributed by atoms with Crippen LogP contribution in [0.4, 0.5) is 11.4 Å². The molecule has 0 heterocycles. The van der Waals surface area contributed by atoms with Crippen LogP contribution in [-0.4, -0.2) is 21.9 Å². The van der Waals surface area contributed by atoms with Gasteiger partial charge in [0.15, 0.2) is 0 Å². The molecular formula is C9H8N2O5. The zero-order chi connectivity index (χ0) is 12.3. The number of anilines is 1. The molecule has 7 heteroatoms. The molecule has 0 aliphatic carbocycles.